The summed E-state index contributed by atoms with van der Waals surface area (Å²) in [4.78, 5) is 19.8. The number of ketones is 1. The minimum Gasteiger partial charge on any atom is -0.661 e. The Bertz CT molecular complexity index is 855. The Hall–Kier alpha value is -2.81. The molecule has 26 heavy (non-hydrogen) atoms. The summed E-state index contributed by atoms with van der Waals surface area (Å²) < 4.78 is 0. The molecule has 0 fully saturated rings. The number of hydrogen-bond acceptors (Lipinski definition) is 2. The molecule has 0 bridgehead atoms. The molecule has 0 N–H and O–H groups in total. The minimum absolute atomic E-state index is 0. The summed E-state index contributed by atoms with van der Waals surface area (Å²) in [5, 5.41) is 0. The van der Waals surface area contributed by atoms with Gasteiger partial charge in [-0.1, -0.05) is 60.3 Å². The van der Waals surface area contributed by atoms with Gasteiger partial charge in [-0.15, -0.1) is 35.9 Å². The van der Waals surface area contributed by atoms with E-state index in [1.165, 1.54) is 0 Å². The number of rotatable bonds is 3. The normalized spacial score (nSPS) is 9.38. The number of carbonyl (C=O) groups excluding carboxylic acids is 1. The van der Waals surface area contributed by atoms with Gasteiger partial charge in [0.2, 0.25) is 0 Å². The van der Waals surface area contributed by atoms with E-state index < -0.39 is 0 Å². The van der Waals surface area contributed by atoms with Crippen molar-refractivity contribution in [1.82, 2.24) is 9.97 Å². The Morgan fingerprint density at radius 1 is 0.846 bits per heavy atom. The van der Waals surface area contributed by atoms with Crippen LogP contribution in [0.15, 0.2) is 97.3 Å². The molecule has 4 heteroatoms. The van der Waals surface area contributed by atoms with Crippen LogP contribution in [0.2, 0.25) is 0 Å². The molecule has 0 aliphatic rings. The first-order valence-electron chi connectivity index (χ1n) is 7.90. The van der Waals surface area contributed by atoms with Gasteiger partial charge in [0.1, 0.15) is 0 Å². The molecule has 2 aromatic carbocycles. The van der Waals surface area contributed by atoms with Crippen LogP contribution in [0, 0.1) is 6.07 Å². The molecule has 1 radical (unpaired) electrons. The summed E-state index contributed by atoms with van der Waals surface area (Å²) in [7, 11) is 0. The average Bonchev–Trinajstić information content (AvgIpc) is 3.25. The van der Waals surface area contributed by atoms with Gasteiger partial charge in [0.05, 0.1) is 0 Å². The molecule has 3 nitrogen and oxygen atoms in total. The van der Waals surface area contributed by atoms with Gasteiger partial charge in [0.15, 0.2) is 5.78 Å². The average molecular weight is 517 g/mol. The summed E-state index contributed by atoms with van der Waals surface area (Å²) in [6, 6.07) is 29.4. The van der Waals surface area contributed by atoms with Crippen LogP contribution in [-0.2, 0) is 20.1 Å². The largest absolute Gasteiger partial charge is 0.661 e. The fourth-order valence-corrected chi connectivity index (χ4v) is 2.25. The van der Waals surface area contributed by atoms with E-state index in [1.807, 2.05) is 60.7 Å². The van der Waals surface area contributed by atoms with Gasteiger partial charge in [-0.2, -0.15) is 6.20 Å². The second kappa shape index (κ2) is 10.2. The van der Waals surface area contributed by atoms with Crippen molar-refractivity contribution in [2.45, 2.75) is 0 Å². The summed E-state index contributed by atoms with van der Waals surface area (Å²) in [5.41, 5.74) is 3.20. The molecule has 2 aromatic heterocycles. The monoisotopic (exact) mass is 517 g/mol. The van der Waals surface area contributed by atoms with Gasteiger partial charge < -0.3 is 9.97 Å². The van der Waals surface area contributed by atoms with E-state index in [1.54, 1.807) is 36.7 Å². The van der Waals surface area contributed by atoms with Crippen LogP contribution >= 0.6 is 0 Å². The number of pyridine rings is 1. The maximum Gasteiger partial charge on any atom is 0.171 e. The summed E-state index contributed by atoms with van der Waals surface area (Å²) in [6.45, 7) is 0. The Morgan fingerprint density at radius 2 is 1.62 bits per heavy atom. The van der Waals surface area contributed by atoms with Crippen molar-refractivity contribution < 1.29 is 24.9 Å². The zero-order valence-electron chi connectivity index (χ0n) is 13.9. The molecule has 4 aromatic rings. The SMILES string of the molecule is O=C(c1ccccc1)c1ccc[n-]1.[Ir].[c-]1ccccc1-c1ccccn1. The van der Waals surface area contributed by atoms with Crippen molar-refractivity contribution in [1.29, 1.82) is 0 Å². The summed E-state index contributed by atoms with van der Waals surface area (Å²) >= 11 is 0. The maximum atomic E-state index is 11.6. The number of benzene rings is 2. The Labute approximate surface area is 166 Å². The predicted molar refractivity (Wildman–Crippen MR) is 98.1 cm³/mol. The molecular formula is C22H16IrN2O-2. The number of carbonyl (C=O) groups is 1. The van der Waals surface area contributed by atoms with Crippen LogP contribution < -0.4 is 4.98 Å². The molecular weight excluding hydrogens is 500 g/mol. The smallest absolute Gasteiger partial charge is 0.171 e. The van der Waals surface area contributed by atoms with Crippen molar-refractivity contribution >= 4 is 5.78 Å². The van der Waals surface area contributed by atoms with Crippen molar-refractivity contribution in [2.24, 2.45) is 0 Å². The molecule has 0 aliphatic heterocycles. The third-order valence-electron chi connectivity index (χ3n) is 3.47. The summed E-state index contributed by atoms with van der Waals surface area (Å²) in [5.74, 6) is -0.0226. The van der Waals surface area contributed by atoms with E-state index in [9.17, 15) is 4.79 Å². The standard InChI is InChI=1S/C11H9NO.C11H8N.Ir/c13-11(10-7-4-8-12-10)9-5-2-1-3-6-9;1-2-6-10(7-3-1)11-8-4-5-9-12-11;/h1-8H,(H,12,13);1-6,8-9H;/q;-1;/p-1. The van der Waals surface area contributed by atoms with Crippen molar-refractivity contribution in [3.63, 3.8) is 0 Å². The second-order valence-electron chi connectivity index (χ2n) is 5.21. The van der Waals surface area contributed by atoms with Crippen LogP contribution in [-0.4, -0.2) is 10.8 Å². The number of aromatic nitrogens is 2. The fraction of sp³-hybridized carbons (Fsp3) is 0. The first kappa shape index (κ1) is 19.5. The minimum atomic E-state index is -0.0226. The zero-order valence-corrected chi connectivity index (χ0v) is 16.3. The van der Waals surface area contributed by atoms with Crippen LogP contribution in [0.4, 0.5) is 0 Å². The van der Waals surface area contributed by atoms with Gasteiger partial charge in [0, 0.05) is 31.9 Å². The molecule has 0 atom stereocenters. The zero-order chi connectivity index (χ0) is 17.3. The van der Waals surface area contributed by atoms with Gasteiger partial charge in [-0.3, -0.25) is 4.79 Å². The Balaban J connectivity index is 0.000000180. The van der Waals surface area contributed by atoms with E-state index in [0.717, 1.165) is 11.3 Å². The van der Waals surface area contributed by atoms with E-state index >= 15 is 0 Å². The molecule has 0 unspecified atom stereocenters. The van der Waals surface area contributed by atoms with Crippen molar-refractivity contribution in [3.05, 3.63) is 115 Å². The van der Waals surface area contributed by atoms with E-state index in [0.29, 0.717) is 11.3 Å². The maximum absolute atomic E-state index is 11.6. The van der Waals surface area contributed by atoms with Crippen molar-refractivity contribution in [2.75, 3.05) is 0 Å². The van der Waals surface area contributed by atoms with Crippen molar-refractivity contribution in [3.8, 4) is 11.3 Å². The fourth-order valence-electron chi connectivity index (χ4n) is 2.25. The number of hydrogen-bond donors (Lipinski definition) is 0. The van der Waals surface area contributed by atoms with E-state index in [2.05, 4.69) is 16.0 Å². The van der Waals surface area contributed by atoms with E-state index in [-0.39, 0.29) is 25.9 Å². The molecule has 0 spiro atoms. The van der Waals surface area contributed by atoms with Crippen LogP contribution in [0.5, 0.6) is 0 Å². The Morgan fingerprint density at radius 3 is 2.23 bits per heavy atom. The Kier molecular flexibility index (Phi) is 7.69. The molecule has 2 heterocycles. The third-order valence-corrected chi connectivity index (χ3v) is 3.47. The molecule has 0 saturated heterocycles. The first-order chi connectivity index (χ1) is 12.3. The van der Waals surface area contributed by atoms with Crippen LogP contribution in [0.3, 0.4) is 0 Å². The first-order valence-corrected chi connectivity index (χ1v) is 7.90. The summed E-state index contributed by atoms with van der Waals surface area (Å²) in [6.07, 6.45) is 3.41. The van der Waals surface area contributed by atoms with Crippen LogP contribution in [0.1, 0.15) is 16.1 Å². The number of nitrogens with zero attached hydrogens (tertiary/aromatic N) is 2. The quantitative estimate of drug-likeness (QED) is 0.299. The molecule has 0 aliphatic carbocycles. The topological polar surface area (TPSA) is 44.1 Å². The molecule has 4 rings (SSSR count). The predicted octanol–water partition coefficient (Wildman–Crippen LogP) is 4.42. The van der Waals surface area contributed by atoms with Gasteiger partial charge in [-0.05, 0) is 11.8 Å². The van der Waals surface area contributed by atoms with E-state index in [4.69, 9.17) is 0 Å². The van der Waals surface area contributed by atoms with Gasteiger partial charge in [-0.25, -0.2) is 0 Å². The second-order valence-corrected chi connectivity index (χ2v) is 5.21. The third kappa shape index (κ3) is 5.35. The molecule has 131 valence electrons. The molecule has 0 saturated carbocycles. The van der Waals surface area contributed by atoms with Gasteiger partial charge in [0.25, 0.3) is 0 Å². The van der Waals surface area contributed by atoms with Gasteiger partial charge >= 0.3 is 0 Å². The van der Waals surface area contributed by atoms with Crippen LogP contribution in [0.25, 0.3) is 11.3 Å². The molecule has 0 amide bonds.